The molecule has 4 unspecified atom stereocenters. The van der Waals surface area contributed by atoms with Crippen molar-refractivity contribution in [3.05, 3.63) is 65.1 Å². The summed E-state index contributed by atoms with van der Waals surface area (Å²) in [6.45, 7) is 7.81. The van der Waals surface area contributed by atoms with Gasteiger partial charge in [-0.15, -0.1) is 30.6 Å². The molecule has 6 aromatic rings. The molecule has 17 nitrogen and oxygen atoms in total. The Labute approximate surface area is 356 Å². The maximum absolute atomic E-state index is 6.08. The van der Waals surface area contributed by atoms with Gasteiger partial charge >= 0.3 is 0 Å². The molecule has 2 spiro atoms. The molecule has 0 N–H and O–H groups in total. The van der Waals surface area contributed by atoms with E-state index < -0.39 is 0 Å². The third kappa shape index (κ3) is 7.70. The van der Waals surface area contributed by atoms with Crippen molar-refractivity contribution < 1.29 is 27.8 Å². The molecule has 0 radical (unpaired) electrons. The average molecular weight is 834 g/mol. The van der Waals surface area contributed by atoms with E-state index in [-0.39, 0.29) is 29.3 Å². The van der Waals surface area contributed by atoms with Crippen molar-refractivity contribution in [2.45, 2.75) is 78.0 Å². The molecule has 2 aliphatic heterocycles. The van der Waals surface area contributed by atoms with Crippen molar-refractivity contribution in [2.24, 2.45) is 34.5 Å². The zero-order chi connectivity index (χ0) is 41.4. The van der Waals surface area contributed by atoms with Gasteiger partial charge < -0.3 is 27.8 Å². The average Bonchev–Trinajstić information content (AvgIpc) is 4.26. The van der Waals surface area contributed by atoms with E-state index in [1.54, 1.807) is 28.0 Å². The molecule has 4 saturated carbocycles. The van der Waals surface area contributed by atoms with Crippen molar-refractivity contribution >= 4 is 0 Å². The normalized spacial score (nSPS) is 25.2. The van der Waals surface area contributed by atoms with Gasteiger partial charge in [-0.05, 0) is 93.5 Å². The summed E-state index contributed by atoms with van der Waals surface area (Å²) >= 11 is 0. The van der Waals surface area contributed by atoms with E-state index in [0.29, 0.717) is 71.5 Å². The van der Waals surface area contributed by atoms with Crippen LogP contribution in [0.4, 0.5) is 0 Å². The first-order chi connectivity index (χ1) is 30.3. The topological polar surface area (TPSA) is 189 Å². The lowest BCUT2D eigenvalue weighted by atomic mass is 10.0. The second-order valence-corrected chi connectivity index (χ2v) is 18.0. The molecule has 17 heteroatoms. The summed E-state index contributed by atoms with van der Waals surface area (Å²) in [5.74, 6) is 17.0. The summed E-state index contributed by atoms with van der Waals surface area (Å²) < 4.78 is 39.0. The van der Waals surface area contributed by atoms with Gasteiger partial charge in [0.25, 0.3) is 17.7 Å². The van der Waals surface area contributed by atoms with Crippen LogP contribution in [0.15, 0.2) is 51.7 Å². The standard InChI is InChI=1S/C45H43N11O6/c1-26-3-4-28(14-32(26)40-49-50-41(61-40)35-18-55(53-47-35)20-37-57-22-44(9-10-44)23-58-37)5-7-30-15-33(30)34-16-31(34)8-6-29-13-27(2)39(46-17-29)43-52-51-42(62-43)36-19-56(54-48-36)21-38-59-24-45(11-12-45)25-60-38/h3-4,13-14,17-19,30-31,33-34,37-38H,9-12,15-16,20-25H2,1-2H3. The largest absolute Gasteiger partial charge is 0.414 e. The van der Waals surface area contributed by atoms with Gasteiger partial charge in [0.15, 0.2) is 24.0 Å². The van der Waals surface area contributed by atoms with E-state index in [9.17, 15) is 0 Å². The lowest BCUT2D eigenvalue weighted by Crippen LogP contribution is -2.36. The summed E-state index contributed by atoms with van der Waals surface area (Å²) in [7, 11) is 0. The highest BCUT2D eigenvalue weighted by Crippen LogP contribution is 2.57. The van der Waals surface area contributed by atoms with Crippen molar-refractivity contribution in [1.29, 1.82) is 0 Å². The Balaban J connectivity index is 0.634. The van der Waals surface area contributed by atoms with Crippen molar-refractivity contribution in [3.63, 3.8) is 0 Å². The summed E-state index contributed by atoms with van der Waals surface area (Å²) in [6, 6.07) is 8.10. The van der Waals surface area contributed by atoms with E-state index in [4.69, 9.17) is 27.8 Å². The number of hydrogen-bond donors (Lipinski definition) is 0. The van der Waals surface area contributed by atoms with E-state index in [1.165, 1.54) is 25.7 Å². The maximum Gasteiger partial charge on any atom is 0.270 e. The highest BCUT2D eigenvalue weighted by atomic mass is 16.7. The number of aromatic nitrogens is 11. The molecular weight excluding hydrogens is 791 g/mol. The van der Waals surface area contributed by atoms with Gasteiger partial charge in [0, 0.05) is 45.6 Å². The van der Waals surface area contributed by atoms with E-state index in [1.807, 2.05) is 38.1 Å². The summed E-state index contributed by atoms with van der Waals surface area (Å²) in [5, 5.41) is 33.9. The van der Waals surface area contributed by atoms with Gasteiger partial charge in [0.2, 0.25) is 5.89 Å². The van der Waals surface area contributed by atoms with Gasteiger partial charge in [0.05, 0.1) is 51.9 Å². The second kappa shape index (κ2) is 14.8. The highest BCUT2D eigenvalue weighted by molar-refractivity contribution is 5.63. The fourth-order valence-corrected chi connectivity index (χ4v) is 8.39. The Hall–Kier alpha value is -6.11. The zero-order valence-corrected chi connectivity index (χ0v) is 34.4. The Bertz CT molecular complexity index is 2790. The SMILES string of the molecule is Cc1ccc(C#CC2CC2C2CC2C#Cc2cnc(-c3nnc(-c4cn(CC5OCC6(CC6)CO5)nn4)o3)c(C)c2)cc1-c1nnc(-c2cn(CC3OCC4(CC4)CO3)nn2)o1. The minimum absolute atomic E-state index is 0.246. The summed E-state index contributed by atoms with van der Waals surface area (Å²) in [4.78, 5) is 4.64. The van der Waals surface area contributed by atoms with Crippen LogP contribution >= 0.6 is 0 Å². The minimum Gasteiger partial charge on any atom is -0.414 e. The first-order valence-electron chi connectivity index (χ1n) is 21.4. The number of ether oxygens (including phenoxy) is 4. The molecule has 314 valence electrons. The molecule has 6 fully saturated rings. The van der Waals surface area contributed by atoms with Gasteiger partial charge in [0.1, 0.15) is 5.69 Å². The first kappa shape index (κ1) is 37.6. The monoisotopic (exact) mass is 833 g/mol. The van der Waals surface area contributed by atoms with Crippen molar-refractivity contribution in [3.8, 4) is 69.9 Å². The number of hydrogen-bond acceptors (Lipinski definition) is 15. The van der Waals surface area contributed by atoms with Crippen LogP contribution in [0.5, 0.6) is 0 Å². The number of benzene rings is 1. The van der Waals surface area contributed by atoms with Gasteiger partial charge in [-0.1, -0.05) is 40.2 Å². The Kier molecular flexibility index (Phi) is 8.97. The van der Waals surface area contributed by atoms with Crippen LogP contribution in [0.1, 0.15) is 60.8 Å². The third-order valence-electron chi connectivity index (χ3n) is 13.0. The third-order valence-corrected chi connectivity index (χ3v) is 13.0. The van der Waals surface area contributed by atoms with Crippen LogP contribution in [0.2, 0.25) is 0 Å². The number of pyridine rings is 1. The molecule has 4 atom stereocenters. The molecule has 62 heavy (non-hydrogen) atoms. The molecule has 4 aliphatic carbocycles. The lowest BCUT2D eigenvalue weighted by molar-refractivity contribution is -0.213. The molecule has 1 aromatic carbocycles. The minimum atomic E-state index is -0.346. The second-order valence-electron chi connectivity index (χ2n) is 18.0. The molecule has 2 saturated heterocycles. The smallest absolute Gasteiger partial charge is 0.270 e. The number of rotatable bonds is 9. The number of aryl methyl sites for hydroxylation is 2. The van der Waals surface area contributed by atoms with E-state index in [2.05, 4.69) is 69.7 Å². The fraction of sp³-hybridized carbons (Fsp3) is 0.489. The Morgan fingerprint density at radius 1 is 0.613 bits per heavy atom. The van der Waals surface area contributed by atoms with Gasteiger partial charge in [-0.2, -0.15) is 0 Å². The predicted octanol–water partition coefficient (Wildman–Crippen LogP) is 5.30. The lowest BCUT2D eigenvalue weighted by Gasteiger charge is -2.29. The maximum atomic E-state index is 6.08. The van der Waals surface area contributed by atoms with Gasteiger partial charge in [-0.25, -0.2) is 14.3 Å². The van der Waals surface area contributed by atoms with Crippen molar-refractivity contribution in [2.75, 3.05) is 26.4 Å². The van der Waals surface area contributed by atoms with Crippen LogP contribution in [-0.4, -0.2) is 94.4 Å². The van der Waals surface area contributed by atoms with E-state index in [0.717, 1.165) is 67.1 Å². The van der Waals surface area contributed by atoms with E-state index >= 15 is 0 Å². The molecule has 12 rings (SSSR count). The highest BCUT2D eigenvalue weighted by Gasteiger charge is 2.52. The molecule has 6 aliphatic rings. The molecular formula is C45H43N11O6. The molecule has 0 amide bonds. The van der Waals surface area contributed by atoms with Crippen LogP contribution in [-0.2, 0) is 32.0 Å². The molecule has 5 aromatic heterocycles. The summed E-state index contributed by atoms with van der Waals surface area (Å²) in [5.41, 5.74) is 6.59. The molecule has 0 bridgehead atoms. The van der Waals surface area contributed by atoms with Crippen LogP contribution in [0, 0.1) is 72.0 Å². The zero-order valence-electron chi connectivity index (χ0n) is 34.4. The van der Waals surface area contributed by atoms with Crippen LogP contribution in [0.25, 0.3) is 46.2 Å². The Morgan fingerprint density at radius 3 is 1.71 bits per heavy atom. The number of nitrogens with zero attached hydrogens (tertiary/aromatic N) is 11. The quantitative estimate of drug-likeness (QED) is 0.171. The van der Waals surface area contributed by atoms with Crippen LogP contribution in [0.3, 0.4) is 0 Å². The van der Waals surface area contributed by atoms with Crippen LogP contribution < -0.4 is 0 Å². The summed E-state index contributed by atoms with van der Waals surface area (Å²) in [6.07, 6.45) is 11.5. The predicted molar refractivity (Wildman–Crippen MR) is 216 cm³/mol. The molecule has 7 heterocycles. The van der Waals surface area contributed by atoms with Crippen molar-refractivity contribution in [1.82, 2.24) is 55.4 Å². The Morgan fingerprint density at radius 2 is 1.15 bits per heavy atom. The fourth-order valence-electron chi connectivity index (χ4n) is 8.39. The van der Waals surface area contributed by atoms with Gasteiger partial charge in [-0.3, -0.25) is 0 Å². The first-order valence-corrected chi connectivity index (χ1v) is 21.4.